The van der Waals surface area contributed by atoms with Gasteiger partial charge in [-0.15, -0.1) is 12.4 Å². The van der Waals surface area contributed by atoms with Crippen molar-refractivity contribution in [3.63, 3.8) is 0 Å². The van der Waals surface area contributed by atoms with Crippen LogP contribution in [0.5, 0.6) is 5.75 Å². The second-order valence-electron chi connectivity index (χ2n) is 4.24. The second kappa shape index (κ2) is 7.36. The normalized spacial score (nSPS) is 18.8. The molecule has 0 aromatic heterocycles. The maximum atomic E-state index is 11.3. The van der Waals surface area contributed by atoms with Crippen LogP contribution in [0.25, 0.3) is 0 Å². The zero-order chi connectivity index (χ0) is 12.1. The van der Waals surface area contributed by atoms with E-state index in [9.17, 15) is 4.79 Å². The van der Waals surface area contributed by atoms with Crippen molar-refractivity contribution in [3.8, 4) is 5.75 Å². The smallest absolute Gasteiger partial charge is 0.176 e. The Balaban J connectivity index is 0.00000162. The molecule has 1 aliphatic rings. The van der Waals surface area contributed by atoms with Crippen molar-refractivity contribution in [1.29, 1.82) is 0 Å². The van der Waals surface area contributed by atoms with Gasteiger partial charge in [0.2, 0.25) is 0 Å². The molecule has 100 valence electrons. The van der Waals surface area contributed by atoms with E-state index >= 15 is 0 Å². The van der Waals surface area contributed by atoms with E-state index in [0.29, 0.717) is 5.56 Å². The van der Waals surface area contributed by atoms with Crippen LogP contribution in [0.2, 0.25) is 0 Å². The van der Waals surface area contributed by atoms with E-state index in [2.05, 4.69) is 5.32 Å². The lowest BCUT2D eigenvalue weighted by molar-refractivity contribution is 0.100. The standard InChI is InChI=1S/C13H18N2O2.ClH/c14-8-13(16)10-3-5-11(6-4-10)17-12-2-1-7-15-9-12;/h3-6,12,15H,1-2,7-9,14H2;1H. The third-order valence-corrected chi connectivity index (χ3v) is 2.92. The summed E-state index contributed by atoms with van der Waals surface area (Å²) in [5, 5.41) is 3.30. The van der Waals surface area contributed by atoms with Gasteiger partial charge in [0.25, 0.3) is 0 Å². The summed E-state index contributed by atoms with van der Waals surface area (Å²) in [6.45, 7) is 2.01. The molecule has 4 nitrogen and oxygen atoms in total. The number of benzene rings is 1. The molecule has 1 atom stereocenters. The molecule has 0 spiro atoms. The molecule has 1 fully saturated rings. The minimum Gasteiger partial charge on any atom is -0.489 e. The van der Waals surface area contributed by atoms with E-state index in [1.54, 1.807) is 12.1 Å². The lowest BCUT2D eigenvalue weighted by atomic mass is 10.1. The molecule has 18 heavy (non-hydrogen) atoms. The predicted octanol–water partition coefficient (Wildman–Crippen LogP) is 1.38. The third kappa shape index (κ3) is 3.98. The number of carbonyl (C=O) groups is 1. The Bertz CT molecular complexity index is 375. The van der Waals surface area contributed by atoms with Crippen LogP contribution in [-0.2, 0) is 0 Å². The number of halogens is 1. The van der Waals surface area contributed by atoms with Crippen LogP contribution in [-0.4, -0.2) is 31.5 Å². The van der Waals surface area contributed by atoms with E-state index in [1.807, 2.05) is 12.1 Å². The molecule has 1 heterocycles. The molecule has 3 N–H and O–H groups in total. The van der Waals surface area contributed by atoms with E-state index in [4.69, 9.17) is 10.5 Å². The molecule has 1 aliphatic heterocycles. The summed E-state index contributed by atoms with van der Waals surface area (Å²) in [5.41, 5.74) is 5.94. The molecule has 1 aromatic rings. The van der Waals surface area contributed by atoms with E-state index in [1.165, 1.54) is 0 Å². The number of carbonyl (C=O) groups excluding carboxylic acids is 1. The Kier molecular flexibility index (Phi) is 6.12. The number of hydrogen-bond donors (Lipinski definition) is 2. The van der Waals surface area contributed by atoms with Gasteiger partial charge in [-0.3, -0.25) is 4.79 Å². The lowest BCUT2D eigenvalue weighted by Crippen LogP contribution is -2.37. The molecular weight excluding hydrogens is 252 g/mol. The Morgan fingerprint density at radius 1 is 1.39 bits per heavy atom. The van der Waals surface area contributed by atoms with Crippen molar-refractivity contribution in [2.45, 2.75) is 18.9 Å². The van der Waals surface area contributed by atoms with Crippen LogP contribution in [0.3, 0.4) is 0 Å². The minimum atomic E-state index is -0.0455. The number of hydrogen-bond acceptors (Lipinski definition) is 4. The minimum absolute atomic E-state index is 0. The van der Waals surface area contributed by atoms with Gasteiger partial charge >= 0.3 is 0 Å². The average Bonchev–Trinajstić information content (AvgIpc) is 2.40. The molecule has 0 amide bonds. The molecule has 0 bridgehead atoms. The van der Waals surface area contributed by atoms with Crippen molar-refractivity contribution in [2.75, 3.05) is 19.6 Å². The summed E-state index contributed by atoms with van der Waals surface area (Å²) >= 11 is 0. The fourth-order valence-corrected chi connectivity index (χ4v) is 1.95. The largest absolute Gasteiger partial charge is 0.489 e. The fourth-order valence-electron chi connectivity index (χ4n) is 1.95. The van der Waals surface area contributed by atoms with Gasteiger partial charge in [-0.05, 0) is 43.7 Å². The Labute approximate surface area is 113 Å². The highest BCUT2D eigenvalue weighted by molar-refractivity contribution is 5.97. The number of ketones is 1. The lowest BCUT2D eigenvalue weighted by Gasteiger charge is -2.23. The summed E-state index contributed by atoms with van der Waals surface area (Å²) < 4.78 is 5.82. The quantitative estimate of drug-likeness (QED) is 0.812. The summed E-state index contributed by atoms with van der Waals surface area (Å²) in [4.78, 5) is 11.3. The first-order valence-electron chi connectivity index (χ1n) is 6.00. The number of nitrogens with two attached hydrogens (primary N) is 1. The van der Waals surface area contributed by atoms with Crippen molar-refractivity contribution in [2.24, 2.45) is 5.73 Å². The van der Waals surface area contributed by atoms with Gasteiger partial charge in [-0.25, -0.2) is 0 Å². The number of rotatable bonds is 4. The van der Waals surface area contributed by atoms with Crippen LogP contribution in [0.4, 0.5) is 0 Å². The third-order valence-electron chi connectivity index (χ3n) is 2.92. The summed E-state index contributed by atoms with van der Waals surface area (Å²) in [5.74, 6) is 0.767. The van der Waals surface area contributed by atoms with Crippen LogP contribution in [0.15, 0.2) is 24.3 Å². The van der Waals surface area contributed by atoms with E-state index in [-0.39, 0.29) is 30.8 Å². The summed E-state index contributed by atoms with van der Waals surface area (Å²) in [7, 11) is 0. The average molecular weight is 271 g/mol. The van der Waals surface area contributed by atoms with Crippen LogP contribution in [0.1, 0.15) is 23.2 Å². The second-order valence-corrected chi connectivity index (χ2v) is 4.24. The van der Waals surface area contributed by atoms with Crippen molar-refractivity contribution >= 4 is 18.2 Å². The first-order chi connectivity index (χ1) is 8.29. The van der Waals surface area contributed by atoms with Crippen molar-refractivity contribution in [1.82, 2.24) is 5.32 Å². The number of nitrogens with one attached hydrogen (secondary N) is 1. The molecule has 0 aliphatic carbocycles. The highest BCUT2D eigenvalue weighted by Crippen LogP contribution is 2.16. The monoisotopic (exact) mass is 270 g/mol. The highest BCUT2D eigenvalue weighted by Gasteiger charge is 2.14. The Morgan fingerprint density at radius 3 is 2.67 bits per heavy atom. The van der Waals surface area contributed by atoms with E-state index in [0.717, 1.165) is 31.7 Å². The van der Waals surface area contributed by atoms with Gasteiger partial charge in [0, 0.05) is 12.1 Å². The highest BCUT2D eigenvalue weighted by atomic mass is 35.5. The van der Waals surface area contributed by atoms with Crippen molar-refractivity contribution in [3.05, 3.63) is 29.8 Å². The molecule has 0 radical (unpaired) electrons. The first-order valence-corrected chi connectivity index (χ1v) is 6.00. The van der Waals surface area contributed by atoms with Crippen LogP contribution < -0.4 is 15.8 Å². The zero-order valence-corrected chi connectivity index (χ0v) is 11.0. The summed E-state index contributed by atoms with van der Waals surface area (Å²) in [6.07, 6.45) is 2.46. The molecule has 1 unspecified atom stereocenters. The van der Waals surface area contributed by atoms with Crippen LogP contribution in [0, 0.1) is 0 Å². The van der Waals surface area contributed by atoms with Crippen molar-refractivity contribution < 1.29 is 9.53 Å². The van der Waals surface area contributed by atoms with Gasteiger partial charge in [0.15, 0.2) is 5.78 Å². The fraction of sp³-hybridized carbons (Fsp3) is 0.462. The van der Waals surface area contributed by atoms with E-state index < -0.39 is 0 Å². The molecule has 5 heteroatoms. The van der Waals surface area contributed by atoms with Gasteiger partial charge in [0.05, 0.1) is 6.54 Å². The van der Waals surface area contributed by atoms with Gasteiger partial charge in [-0.1, -0.05) is 0 Å². The van der Waals surface area contributed by atoms with Gasteiger partial charge in [-0.2, -0.15) is 0 Å². The SMILES string of the molecule is Cl.NCC(=O)c1ccc(OC2CCCNC2)cc1. The van der Waals surface area contributed by atoms with Crippen LogP contribution >= 0.6 is 12.4 Å². The Morgan fingerprint density at radius 2 is 2.11 bits per heavy atom. The Hall–Kier alpha value is -1.10. The molecule has 1 aromatic carbocycles. The topological polar surface area (TPSA) is 64.4 Å². The zero-order valence-electron chi connectivity index (χ0n) is 10.2. The first kappa shape index (κ1) is 15.0. The number of piperidine rings is 1. The molecular formula is C13H19ClN2O2. The number of Topliss-reactive ketones (excluding diaryl/α,β-unsaturated/α-hetero) is 1. The van der Waals surface area contributed by atoms with Gasteiger partial charge in [0.1, 0.15) is 11.9 Å². The molecule has 1 saturated heterocycles. The maximum Gasteiger partial charge on any atom is 0.176 e. The predicted molar refractivity (Wildman–Crippen MR) is 73.6 cm³/mol. The number of ether oxygens (including phenoxy) is 1. The van der Waals surface area contributed by atoms with Gasteiger partial charge < -0.3 is 15.8 Å². The molecule has 0 saturated carbocycles. The molecule has 2 rings (SSSR count). The summed E-state index contributed by atoms with van der Waals surface area (Å²) in [6, 6.07) is 7.19. The maximum absolute atomic E-state index is 11.3.